The summed E-state index contributed by atoms with van der Waals surface area (Å²) < 4.78 is 43.0. The molecule has 5 nitrogen and oxygen atoms in total. The number of aryl methyl sites for hydroxylation is 1. The zero-order chi connectivity index (χ0) is 17.7. The van der Waals surface area contributed by atoms with E-state index in [1.807, 2.05) is 6.92 Å². The van der Waals surface area contributed by atoms with Crippen molar-refractivity contribution in [2.45, 2.75) is 21.9 Å². The van der Waals surface area contributed by atoms with Crippen LogP contribution in [0.5, 0.6) is 0 Å². The Morgan fingerprint density at radius 3 is 2.23 bits per heavy atom. The van der Waals surface area contributed by atoms with Crippen LogP contribution in [0.15, 0.2) is 29.2 Å². The third kappa shape index (κ3) is 1.18. The van der Waals surface area contributed by atoms with Gasteiger partial charge in [0.05, 0.1) is 29.0 Å². The van der Waals surface area contributed by atoms with Crippen molar-refractivity contribution in [1.29, 1.82) is 0 Å². The fourth-order valence-electron chi connectivity index (χ4n) is 8.08. The fourth-order valence-corrected chi connectivity index (χ4v) is 10.7. The third-order valence-electron chi connectivity index (χ3n) is 8.62. The minimum atomic E-state index is -3.70. The minimum Gasteiger partial charge on any atom is -0.346 e. The molecule has 1 aromatic carbocycles. The minimum absolute atomic E-state index is 0.0290. The van der Waals surface area contributed by atoms with Gasteiger partial charge in [-0.15, -0.1) is 0 Å². The zero-order valence-corrected chi connectivity index (χ0v) is 16.6. The number of rotatable bonds is 4. The van der Waals surface area contributed by atoms with Crippen LogP contribution < -0.4 is 0 Å². The molecule has 0 N–H and O–H groups in total. The average molecular weight is 439 g/mol. The van der Waals surface area contributed by atoms with Gasteiger partial charge in [0.2, 0.25) is 0 Å². The number of hydrogen-bond donors (Lipinski definition) is 0. The molecule has 0 radical (unpaired) electrons. The van der Waals surface area contributed by atoms with Crippen LogP contribution in [0.3, 0.4) is 0 Å². The van der Waals surface area contributed by atoms with E-state index in [0.717, 1.165) is 5.56 Å². The molecule has 0 aromatic heterocycles. The van der Waals surface area contributed by atoms with Crippen LogP contribution in [0.4, 0.5) is 0 Å². The molecule has 4 atom stereocenters. The molecule has 0 amide bonds. The first-order valence-corrected chi connectivity index (χ1v) is 11.5. The van der Waals surface area contributed by atoms with Gasteiger partial charge in [-0.3, -0.25) is 4.18 Å². The van der Waals surface area contributed by atoms with E-state index in [-0.39, 0.29) is 14.6 Å². The van der Waals surface area contributed by atoms with Crippen molar-refractivity contribution in [3.63, 3.8) is 0 Å². The summed E-state index contributed by atoms with van der Waals surface area (Å²) in [5.41, 5.74) is 1.08. The number of hydrogen-bond acceptors (Lipinski definition) is 5. The second kappa shape index (κ2) is 4.10. The Morgan fingerprint density at radius 1 is 1.04 bits per heavy atom. The van der Waals surface area contributed by atoms with Crippen LogP contribution in [0.25, 0.3) is 0 Å². The molecular formula is C19H19BrO5S. The lowest BCUT2D eigenvalue weighted by atomic mass is 9.13. The lowest BCUT2D eigenvalue weighted by molar-refractivity contribution is -0.444. The van der Waals surface area contributed by atoms with E-state index < -0.39 is 15.9 Å². The summed E-state index contributed by atoms with van der Waals surface area (Å²) in [6, 6.07) is 6.86. The maximum Gasteiger partial charge on any atom is 0.296 e. The molecule has 7 heteroatoms. The molecular weight excluding hydrogens is 420 g/mol. The molecule has 4 unspecified atom stereocenters. The highest BCUT2D eigenvalue weighted by Gasteiger charge is 3.08. The van der Waals surface area contributed by atoms with Crippen molar-refractivity contribution >= 4 is 26.0 Å². The SMILES string of the molecule is Cc1ccc(S(=O)(=O)OCC23C4C5C2C2C3C4C2(Br)C52OCCO2)cc1. The molecule has 1 saturated heterocycles. The van der Waals surface area contributed by atoms with E-state index in [0.29, 0.717) is 55.3 Å². The van der Waals surface area contributed by atoms with Gasteiger partial charge in [0, 0.05) is 11.3 Å². The standard InChI is InChI=1S/C19H19BrO5S/c1-9-2-4-10(5-3-9)26(21,22)25-8-17-11-14-12(17)16-13(17)15(11)18(14,20)19(16)23-6-7-24-19/h2-5,11-16H,6-8H2,1H3. The average Bonchev–Trinajstić information content (AvgIpc) is 3.14. The van der Waals surface area contributed by atoms with E-state index in [9.17, 15) is 8.42 Å². The van der Waals surface area contributed by atoms with Gasteiger partial charge in [0.25, 0.3) is 10.1 Å². The Balaban J connectivity index is 1.16. The van der Waals surface area contributed by atoms with Crippen molar-refractivity contribution in [2.75, 3.05) is 19.8 Å². The zero-order valence-electron chi connectivity index (χ0n) is 14.2. The largest absolute Gasteiger partial charge is 0.346 e. The summed E-state index contributed by atoms with van der Waals surface area (Å²) in [5.74, 6) is 2.62. The summed E-state index contributed by atoms with van der Waals surface area (Å²) in [6.07, 6.45) is 0. The fraction of sp³-hybridized carbons (Fsp3) is 0.684. The summed E-state index contributed by atoms with van der Waals surface area (Å²) in [5, 5.41) is 0. The van der Waals surface area contributed by atoms with E-state index in [4.69, 9.17) is 13.7 Å². The molecule has 138 valence electrons. The molecule has 7 fully saturated rings. The molecule has 1 spiro atoms. The van der Waals surface area contributed by atoms with Gasteiger partial charge in [-0.2, -0.15) is 8.42 Å². The van der Waals surface area contributed by atoms with Crippen molar-refractivity contribution < 1.29 is 22.1 Å². The Labute approximate surface area is 160 Å². The predicted octanol–water partition coefficient (Wildman–Crippen LogP) is 2.33. The smallest absolute Gasteiger partial charge is 0.296 e. The second-order valence-corrected chi connectivity index (χ2v) is 11.9. The summed E-state index contributed by atoms with van der Waals surface area (Å²) in [4.78, 5) is 0.244. The first kappa shape index (κ1) is 15.5. The number of alkyl halides is 1. The summed E-state index contributed by atoms with van der Waals surface area (Å²) >= 11 is 4.02. The molecule has 1 aliphatic heterocycles. The monoisotopic (exact) mass is 438 g/mol. The maximum absolute atomic E-state index is 12.6. The third-order valence-corrected chi connectivity index (χ3v) is 11.5. The molecule has 1 aromatic rings. The van der Waals surface area contributed by atoms with Crippen LogP contribution in [-0.2, 0) is 23.8 Å². The van der Waals surface area contributed by atoms with Crippen molar-refractivity contribution in [3.05, 3.63) is 29.8 Å². The summed E-state index contributed by atoms with van der Waals surface area (Å²) in [7, 11) is -3.70. The van der Waals surface area contributed by atoms with Gasteiger partial charge >= 0.3 is 0 Å². The van der Waals surface area contributed by atoms with Crippen molar-refractivity contribution in [3.8, 4) is 0 Å². The molecule has 8 rings (SSSR count). The Hall–Kier alpha value is -0.470. The molecule has 7 aliphatic rings. The lowest BCUT2D eigenvalue weighted by Crippen LogP contribution is -2.93. The van der Waals surface area contributed by atoms with Gasteiger partial charge in [0.15, 0.2) is 5.79 Å². The Morgan fingerprint density at radius 2 is 1.62 bits per heavy atom. The second-order valence-electron chi connectivity index (χ2n) is 8.93. The van der Waals surface area contributed by atoms with Gasteiger partial charge in [0.1, 0.15) is 0 Å². The van der Waals surface area contributed by atoms with Crippen LogP contribution in [0.1, 0.15) is 5.56 Å². The van der Waals surface area contributed by atoms with Gasteiger partial charge < -0.3 is 9.47 Å². The first-order chi connectivity index (χ1) is 12.4. The van der Waals surface area contributed by atoms with Crippen LogP contribution in [0, 0.1) is 47.8 Å². The molecule has 26 heavy (non-hydrogen) atoms. The normalized spacial score (nSPS) is 52.8. The number of halogens is 1. The van der Waals surface area contributed by atoms with E-state index in [2.05, 4.69) is 15.9 Å². The Bertz CT molecular complexity index is 931. The van der Waals surface area contributed by atoms with Crippen molar-refractivity contribution in [1.82, 2.24) is 0 Å². The highest BCUT2D eigenvalue weighted by molar-refractivity contribution is 9.10. The highest BCUT2D eigenvalue weighted by atomic mass is 79.9. The predicted molar refractivity (Wildman–Crippen MR) is 94.0 cm³/mol. The summed E-state index contributed by atoms with van der Waals surface area (Å²) in [6.45, 7) is 3.58. The van der Waals surface area contributed by atoms with E-state index >= 15 is 0 Å². The van der Waals surface area contributed by atoms with E-state index in [1.54, 1.807) is 24.3 Å². The Kier molecular flexibility index (Phi) is 2.44. The lowest BCUT2D eigenvalue weighted by Gasteiger charge is -2.91. The van der Waals surface area contributed by atoms with Gasteiger partial charge in [-0.25, -0.2) is 0 Å². The van der Waals surface area contributed by atoms with Crippen LogP contribution >= 0.6 is 15.9 Å². The quantitative estimate of drug-likeness (QED) is 0.533. The molecule has 2 bridgehead atoms. The number of benzene rings is 1. The van der Waals surface area contributed by atoms with Gasteiger partial charge in [-0.05, 0) is 48.6 Å². The molecule has 6 aliphatic carbocycles. The topological polar surface area (TPSA) is 61.8 Å². The molecule has 1 heterocycles. The van der Waals surface area contributed by atoms with Crippen LogP contribution in [0.2, 0.25) is 0 Å². The van der Waals surface area contributed by atoms with E-state index in [1.165, 1.54) is 0 Å². The van der Waals surface area contributed by atoms with Crippen LogP contribution in [-0.4, -0.2) is 38.3 Å². The first-order valence-electron chi connectivity index (χ1n) is 9.32. The molecule has 6 saturated carbocycles. The maximum atomic E-state index is 12.6. The van der Waals surface area contributed by atoms with Gasteiger partial charge in [-0.1, -0.05) is 33.6 Å². The highest BCUT2D eigenvalue weighted by Crippen LogP contribution is 3.04. The number of ether oxygens (including phenoxy) is 2. The van der Waals surface area contributed by atoms with Crippen molar-refractivity contribution in [2.24, 2.45) is 40.9 Å².